The summed E-state index contributed by atoms with van der Waals surface area (Å²) in [5.41, 5.74) is 2.33. The maximum Gasteiger partial charge on any atom is 0.479 e. The van der Waals surface area contributed by atoms with Crippen LogP contribution in [0.1, 0.15) is 16.7 Å². The van der Waals surface area contributed by atoms with Gasteiger partial charge >= 0.3 is 12.0 Å². The molecule has 0 aliphatic carbocycles. The van der Waals surface area contributed by atoms with Crippen molar-refractivity contribution in [2.75, 3.05) is 6.61 Å². The van der Waals surface area contributed by atoms with Gasteiger partial charge in [-0.2, -0.15) is 8.78 Å². The normalized spacial score (nSPS) is 17.3. The van der Waals surface area contributed by atoms with Gasteiger partial charge in [0.25, 0.3) is 0 Å². The summed E-state index contributed by atoms with van der Waals surface area (Å²) in [4.78, 5) is 4.03. The number of halogens is 2. The quantitative estimate of drug-likeness (QED) is 0.817. The molecule has 0 saturated carbocycles. The molecule has 0 radical (unpaired) electrons. The summed E-state index contributed by atoms with van der Waals surface area (Å²) in [6.07, 6.45) is -3.02. The molecule has 1 atom stereocenters. The van der Waals surface area contributed by atoms with Crippen LogP contribution in [0.3, 0.4) is 0 Å². The van der Waals surface area contributed by atoms with Crippen molar-refractivity contribution in [1.29, 1.82) is 0 Å². The van der Waals surface area contributed by atoms with E-state index in [9.17, 15) is 8.78 Å². The van der Waals surface area contributed by atoms with Crippen molar-refractivity contribution in [3.8, 4) is 5.75 Å². The smallest absolute Gasteiger partial charge is 0.472 e. The van der Waals surface area contributed by atoms with Crippen LogP contribution in [0.15, 0.2) is 53.5 Å². The SMILES string of the molecule is Cc1cccc(C)c1OC(F)(F)C1=N[C@@H](Cc2ccccc2)CO1. The highest BCUT2D eigenvalue weighted by molar-refractivity contribution is 5.84. The lowest BCUT2D eigenvalue weighted by Crippen LogP contribution is -2.36. The second kappa shape index (κ2) is 6.59. The fraction of sp³-hybridized carbons (Fsp3) is 0.316. The minimum absolute atomic E-state index is 0.135. The molecule has 0 fully saturated rings. The van der Waals surface area contributed by atoms with Gasteiger partial charge in [0.15, 0.2) is 0 Å². The molecule has 0 N–H and O–H groups in total. The number of ether oxygens (including phenoxy) is 2. The van der Waals surface area contributed by atoms with Crippen LogP contribution in [0.2, 0.25) is 0 Å². The number of para-hydroxylation sites is 1. The Bertz CT molecular complexity index is 724. The van der Waals surface area contributed by atoms with Gasteiger partial charge in [-0.15, -0.1) is 0 Å². The molecule has 0 unspecified atom stereocenters. The van der Waals surface area contributed by atoms with Crippen molar-refractivity contribution < 1.29 is 18.3 Å². The lowest BCUT2D eigenvalue weighted by molar-refractivity contribution is -0.126. The van der Waals surface area contributed by atoms with Gasteiger partial charge in [-0.25, -0.2) is 4.99 Å². The molecule has 5 heteroatoms. The van der Waals surface area contributed by atoms with Gasteiger partial charge in [0.05, 0.1) is 6.04 Å². The summed E-state index contributed by atoms with van der Waals surface area (Å²) in [6.45, 7) is 3.60. The van der Waals surface area contributed by atoms with Crippen LogP contribution in [-0.4, -0.2) is 24.7 Å². The Morgan fingerprint density at radius 2 is 1.75 bits per heavy atom. The van der Waals surface area contributed by atoms with E-state index >= 15 is 0 Å². The third kappa shape index (κ3) is 3.55. The van der Waals surface area contributed by atoms with Gasteiger partial charge in [-0.05, 0) is 37.0 Å². The Morgan fingerprint density at radius 1 is 1.08 bits per heavy atom. The summed E-state index contributed by atoms with van der Waals surface area (Å²) >= 11 is 0. The van der Waals surface area contributed by atoms with Crippen LogP contribution < -0.4 is 4.74 Å². The second-order valence-electron chi connectivity index (χ2n) is 5.93. The molecule has 0 bridgehead atoms. The fourth-order valence-corrected chi connectivity index (χ4v) is 2.70. The number of aryl methyl sites for hydroxylation is 2. The van der Waals surface area contributed by atoms with E-state index in [1.807, 2.05) is 30.3 Å². The molecular formula is C19H19F2NO2. The van der Waals surface area contributed by atoms with E-state index in [1.54, 1.807) is 32.0 Å². The summed E-state index contributed by atoms with van der Waals surface area (Å²) in [5.74, 6) is -0.480. The average molecular weight is 331 g/mol. The van der Waals surface area contributed by atoms with Crippen LogP contribution in [-0.2, 0) is 11.2 Å². The molecule has 2 aromatic carbocycles. The minimum atomic E-state index is -3.58. The molecule has 0 saturated heterocycles. The van der Waals surface area contributed by atoms with Crippen molar-refractivity contribution in [1.82, 2.24) is 0 Å². The van der Waals surface area contributed by atoms with Gasteiger partial charge in [0, 0.05) is 0 Å². The zero-order valence-corrected chi connectivity index (χ0v) is 13.6. The van der Waals surface area contributed by atoms with Crippen LogP contribution in [0.25, 0.3) is 0 Å². The predicted octanol–water partition coefficient (Wildman–Crippen LogP) is 4.32. The third-order valence-corrected chi connectivity index (χ3v) is 3.91. The summed E-state index contributed by atoms with van der Waals surface area (Å²) in [6, 6.07) is 14.6. The highest BCUT2D eigenvalue weighted by atomic mass is 19.3. The van der Waals surface area contributed by atoms with E-state index in [2.05, 4.69) is 4.99 Å². The Morgan fingerprint density at radius 3 is 2.42 bits per heavy atom. The lowest BCUT2D eigenvalue weighted by Gasteiger charge is -2.19. The Labute approximate surface area is 139 Å². The molecule has 1 aliphatic rings. The monoisotopic (exact) mass is 331 g/mol. The second-order valence-corrected chi connectivity index (χ2v) is 5.93. The first-order valence-corrected chi connectivity index (χ1v) is 7.84. The molecule has 3 rings (SSSR count). The van der Waals surface area contributed by atoms with E-state index in [0.717, 1.165) is 5.56 Å². The number of aliphatic imine (C=N–C) groups is 1. The number of hydrogen-bond donors (Lipinski definition) is 0. The zero-order valence-electron chi connectivity index (χ0n) is 13.6. The first-order chi connectivity index (χ1) is 11.5. The number of hydrogen-bond acceptors (Lipinski definition) is 3. The summed E-state index contributed by atoms with van der Waals surface area (Å²) in [7, 11) is 0. The van der Waals surface area contributed by atoms with Gasteiger partial charge in [0.1, 0.15) is 12.4 Å². The van der Waals surface area contributed by atoms with E-state index in [4.69, 9.17) is 9.47 Å². The first kappa shape index (κ1) is 16.4. The number of benzene rings is 2. The number of alkyl halides is 2. The standard InChI is InChI=1S/C19H19F2NO2/c1-13-7-6-8-14(2)17(13)24-19(20,21)18-22-16(12-23-18)11-15-9-4-3-5-10-15/h3-10,16H,11-12H2,1-2H3/t16-/m0/s1. The molecule has 0 spiro atoms. The van der Waals surface area contributed by atoms with E-state index < -0.39 is 12.0 Å². The van der Waals surface area contributed by atoms with Crippen molar-refractivity contribution in [2.24, 2.45) is 4.99 Å². The van der Waals surface area contributed by atoms with Gasteiger partial charge in [-0.1, -0.05) is 48.5 Å². The first-order valence-electron chi connectivity index (χ1n) is 7.84. The Hall–Kier alpha value is -2.43. The van der Waals surface area contributed by atoms with Crippen molar-refractivity contribution >= 4 is 5.90 Å². The van der Waals surface area contributed by atoms with Crippen molar-refractivity contribution in [3.63, 3.8) is 0 Å². The minimum Gasteiger partial charge on any atom is -0.472 e. The largest absolute Gasteiger partial charge is 0.479 e. The topological polar surface area (TPSA) is 30.8 Å². The highest BCUT2D eigenvalue weighted by Crippen LogP contribution is 2.31. The van der Waals surface area contributed by atoms with E-state index in [1.165, 1.54) is 0 Å². The van der Waals surface area contributed by atoms with E-state index in [-0.39, 0.29) is 18.4 Å². The maximum absolute atomic E-state index is 14.4. The molecule has 3 nitrogen and oxygen atoms in total. The molecule has 0 amide bonds. The number of nitrogens with zero attached hydrogens (tertiary/aromatic N) is 1. The van der Waals surface area contributed by atoms with Crippen molar-refractivity contribution in [3.05, 3.63) is 65.2 Å². The Balaban J connectivity index is 1.74. The molecule has 2 aromatic rings. The van der Waals surface area contributed by atoms with E-state index in [0.29, 0.717) is 17.5 Å². The third-order valence-electron chi connectivity index (χ3n) is 3.91. The van der Waals surface area contributed by atoms with Gasteiger partial charge < -0.3 is 9.47 Å². The molecule has 1 aliphatic heterocycles. The van der Waals surface area contributed by atoms with Crippen LogP contribution in [0, 0.1) is 13.8 Å². The lowest BCUT2D eigenvalue weighted by atomic mass is 10.1. The zero-order chi connectivity index (χ0) is 17.2. The fourth-order valence-electron chi connectivity index (χ4n) is 2.70. The highest BCUT2D eigenvalue weighted by Gasteiger charge is 2.45. The molecule has 126 valence electrons. The number of rotatable bonds is 5. The molecular weight excluding hydrogens is 312 g/mol. The summed E-state index contributed by atoms with van der Waals surface area (Å²) in [5, 5.41) is 0. The van der Waals surface area contributed by atoms with Gasteiger partial charge in [0.2, 0.25) is 0 Å². The average Bonchev–Trinajstić information content (AvgIpc) is 3.02. The van der Waals surface area contributed by atoms with Gasteiger partial charge in [-0.3, -0.25) is 0 Å². The van der Waals surface area contributed by atoms with Crippen LogP contribution in [0.5, 0.6) is 5.75 Å². The van der Waals surface area contributed by atoms with Crippen LogP contribution >= 0.6 is 0 Å². The molecule has 0 aromatic heterocycles. The molecule has 1 heterocycles. The summed E-state index contributed by atoms with van der Waals surface area (Å²) < 4.78 is 38.9. The Kier molecular flexibility index (Phi) is 4.51. The molecule has 24 heavy (non-hydrogen) atoms. The van der Waals surface area contributed by atoms with Crippen LogP contribution in [0.4, 0.5) is 8.78 Å². The predicted molar refractivity (Wildman–Crippen MR) is 88.8 cm³/mol. The maximum atomic E-state index is 14.4. The van der Waals surface area contributed by atoms with Crippen molar-refractivity contribution in [2.45, 2.75) is 32.4 Å².